The van der Waals surface area contributed by atoms with Gasteiger partial charge in [-0.3, -0.25) is 9.59 Å². The van der Waals surface area contributed by atoms with E-state index in [4.69, 9.17) is 4.74 Å². The lowest BCUT2D eigenvalue weighted by molar-refractivity contribution is -0.158. The number of hydrogen-bond donors (Lipinski definition) is 1. The van der Waals surface area contributed by atoms with Crippen LogP contribution in [0.4, 0.5) is 0 Å². The van der Waals surface area contributed by atoms with Crippen molar-refractivity contribution in [2.75, 3.05) is 19.8 Å². The lowest BCUT2D eigenvalue weighted by Gasteiger charge is -2.47. The summed E-state index contributed by atoms with van der Waals surface area (Å²) in [6, 6.07) is -0.445. The molecule has 122 valence electrons. The third-order valence-corrected chi connectivity index (χ3v) is 4.39. The van der Waals surface area contributed by atoms with Crippen LogP contribution in [0.15, 0.2) is 0 Å². The van der Waals surface area contributed by atoms with Gasteiger partial charge in [0.25, 0.3) is 0 Å². The zero-order chi connectivity index (χ0) is 16.0. The van der Waals surface area contributed by atoms with Crippen LogP contribution in [0.25, 0.3) is 0 Å². The van der Waals surface area contributed by atoms with Crippen LogP contribution in [0, 0.1) is 5.92 Å². The molecule has 5 heteroatoms. The van der Waals surface area contributed by atoms with Crippen molar-refractivity contribution >= 4 is 11.8 Å². The fourth-order valence-electron chi connectivity index (χ4n) is 2.81. The fourth-order valence-corrected chi connectivity index (χ4v) is 2.81. The monoisotopic (exact) mass is 298 g/mol. The summed E-state index contributed by atoms with van der Waals surface area (Å²) in [5.41, 5.74) is -0.717. The molecule has 0 saturated carbocycles. The maximum atomic E-state index is 12.4. The second-order valence-corrected chi connectivity index (χ2v) is 6.22. The van der Waals surface area contributed by atoms with Gasteiger partial charge in [0.15, 0.2) is 0 Å². The molecule has 1 saturated heterocycles. The molecule has 0 aliphatic carbocycles. The van der Waals surface area contributed by atoms with E-state index in [9.17, 15) is 9.59 Å². The summed E-state index contributed by atoms with van der Waals surface area (Å²) in [6.45, 7) is 11.6. The summed E-state index contributed by atoms with van der Waals surface area (Å²) in [7, 11) is 0. The molecule has 2 amide bonds. The average molecular weight is 298 g/mol. The van der Waals surface area contributed by atoms with Crippen molar-refractivity contribution < 1.29 is 14.3 Å². The number of piperazine rings is 1. The molecule has 1 aliphatic heterocycles. The predicted molar refractivity (Wildman–Crippen MR) is 82.9 cm³/mol. The summed E-state index contributed by atoms with van der Waals surface area (Å²) in [4.78, 5) is 26.5. The molecule has 1 N–H and O–H groups in total. The number of nitrogens with one attached hydrogen (secondary N) is 1. The third kappa shape index (κ3) is 3.96. The van der Waals surface area contributed by atoms with E-state index in [1.54, 1.807) is 11.8 Å². The summed E-state index contributed by atoms with van der Waals surface area (Å²) < 4.78 is 5.62. The second-order valence-electron chi connectivity index (χ2n) is 6.22. The van der Waals surface area contributed by atoms with Gasteiger partial charge in [0.2, 0.25) is 11.8 Å². The molecule has 21 heavy (non-hydrogen) atoms. The van der Waals surface area contributed by atoms with E-state index in [1.165, 1.54) is 0 Å². The summed E-state index contributed by atoms with van der Waals surface area (Å²) >= 11 is 0. The molecule has 0 spiro atoms. The van der Waals surface area contributed by atoms with Gasteiger partial charge in [0.05, 0.1) is 6.61 Å². The van der Waals surface area contributed by atoms with Crippen LogP contribution in [-0.2, 0) is 14.3 Å². The minimum Gasteiger partial charge on any atom is -0.380 e. The van der Waals surface area contributed by atoms with Crippen molar-refractivity contribution in [3.63, 3.8) is 0 Å². The minimum atomic E-state index is -0.717. The molecule has 1 fully saturated rings. The number of ether oxygens (including phenoxy) is 1. The Labute approximate surface area is 128 Å². The van der Waals surface area contributed by atoms with E-state index in [0.717, 1.165) is 6.42 Å². The first-order valence-corrected chi connectivity index (χ1v) is 8.09. The molecule has 1 unspecified atom stereocenters. The number of rotatable bonds is 8. The van der Waals surface area contributed by atoms with Crippen LogP contribution in [0.3, 0.4) is 0 Å². The van der Waals surface area contributed by atoms with Gasteiger partial charge in [-0.15, -0.1) is 0 Å². The Morgan fingerprint density at radius 2 is 1.86 bits per heavy atom. The van der Waals surface area contributed by atoms with Crippen molar-refractivity contribution in [2.24, 2.45) is 5.92 Å². The van der Waals surface area contributed by atoms with Crippen LogP contribution < -0.4 is 5.32 Å². The second kappa shape index (κ2) is 7.78. The molecule has 1 aliphatic rings. The Hall–Kier alpha value is -1.10. The quantitative estimate of drug-likeness (QED) is 0.697. The van der Waals surface area contributed by atoms with E-state index in [-0.39, 0.29) is 11.8 Å². The lowest BCUT2D eigenvalue weighted by atomic mass is 9.86. The van der Waals surface area contributed by atoms with E-state index in [0.29, 0.717) is 38.5 Å². The largest absolute Gasteiger partial charge is 0.380 e. The van der Waals surface area contributed by atoms with Crippen LogP contribution in [0.5, 0.6) is 0 Å². The molecule has 0 radical (unpaired) electrons. The van der Waals surface area contributed by atoms with Crippen molar-refractivity contribution in [1.29, 1.82) is 0 Å². The standard InChI is InChI=1S/C16H30N2O3/c1-6-16(7-2)15(20)17-13(5)14(19)18(16)9-11-21-10-8-12(3)4/h12-13H,6-11H2,1-5H3,(H,17,20). The highest BCUT2D eigenvalue weighted by atomic mass is 16.5. The predicted octanol–water partition coefficient (Wildman–Crippen LogP) is 1.95. The first-order valence-electron chi connectivity index (χ1n) is 8.09. The summed E-state index contributed by atoms with van der Waals surface area (Å²) in [6.07, 6.45) is 2.26. The molecule has 0 bridgehead atoms. The third-order valence-electron chi connectivity index (χ3n) is 4.39. The number of carbonyl (C=O) groups excluding carboxylic acids is 2. The van der Waals surface area contributed by atoms with Crippen LogP contribution in [0.1, 0.15) is 53.9 Å². The lowest BCUT2D eigenvalue weighted by Crippen LogP contribution is -2.70. The first-order chi connectivity index (χ1) is 9.89. The SMILES string of the molecule is CCC1(CC)C(=O)NC(C)C(=O)N1CCOCCC(C)C. The van der Waals surface area contributed by atoms with Gasteiger partial charge in [-0.1, -0.05) is 27.7 Å². The summed E-state index contributed by atoms with van der Waals surface area (Å²) in [5, 5.41) is 2.80. The maximum Gasteiger partial charge on any atom is 0.246 e. The van der Waals surface area contributed by atoms with Gasteiger partial charge in [-0.05, 0) is 32.1 Å². The van der Waals surface area contributed by atoms with E-state index in [1.807, 2.05) is 13.8 Å². The Kier molecular flexibility index (Phi) is 6.65. The van der Waals surface area contributed by atoms with Gasteiger partial charge >= 0.3 is 0 Å². The zero-order valence-electron chi connectivity index (χ0n) is 14.1. The van der Waals surface area contributed by atoms with Crippen LogP contribution in [0.2, 0.25) is 0 Å². The molecule has 0 aromatic heterocycles. The zero-order valence-corrected chi connectivity index (χ0v) is 14.1. The molecule has 0 aromatic carbocycles. The highest BCUT2D eigenvalue weighted by molar-refractivity contribution is 5.99. The Bertz CT molecular complexity index is 365. The molecule has 1 atom stereocenters. The Balaban J connectivity index is 2.68. The summed E-state index contributed by atoms with van der Waals surface area (Å²) in [5.74, 6) is 0.560. The number of amides is 2. The average Bonchev–Trinajstić information content (AvgIpc) is 2.44. The van der Waals surface area contributed by atoms with Gasteiger partial charge in [0, 0.05) is 13.2 Å². The Morgan fingerprint density at radius 3 is 2.38 bits per heavy atom. The molecular formula is C16H30N2O3. The van der Waals surface area contributed by atoms with E-state index >= 15 is 0 Å². The number of hydrogen-bond acceptors (Lipinski definition) is 3. The van der Waals surface area contributed by atoms with Gasteiger partial charge in [0.1, 0.15) is 11.6 Å². The van der Waals surface area contributed by atoms with Crippen LogP contribution in [-0.4, -0.2) is 48.1 Å². The maximum absolute atomic E-state index is 12.4. The highest BCUT2D eigenvalue weighted by Crippen LogP contribution is 2.28. The number of nitrogens with zero attached hydrogens (tertiary/aromatic N) is 1. The van der Waals surface area contributed by atoms with E-state index < -0.39 is 11.6 Å². The van der Waals surface area contributed by atoms with E-state index in [2.05, 4.69) is 19.2 Å². The van der Waals surface area contributed by atoms with Gasteiger partial charge in [-0.25, -0.2) is 0 Å². The van der Waals surface area contributed by atoms with Gasteiger partial charge < -0.3 is 15.0 Å². The fraction of sp³-hybridized carbons (Fsp3) is 0.875. The van der Waals surface area contributed by atoms with Crippen molar-refractivity contribution in [3.8, 4) is 0 Å². The van der Waals surface area contributed by atoms with Crippen molar-refractivity contribution in [1.82, 2.24) is 10.2 Å². The number of carbonyl (C=O) groups is 2. The molecular weight excluding hydrogens is 268 g/mol. The van der Waals surface area contributed by atoms with Crippen LogP contribution >= 0.6 is 0 Å². The minimum absolute atomic E-state index is 0.00856. The molecule has 1 rings (SSSR count). The molecule has 5 nitrogen and oxygen atoms in total. The van der Waals surface area contributed by atoms with Gasteiger partial charge in [-0.2, -0.15) is 0 Å². The Morgan fingerprint density at radius 1 is 1.24 bits per heavy atom. The molecule has 1 heterocycles. The molecule has 0 aromatic rings. The normalized spacial score (nSPS) is 21.8. The first kappa shape index (κ1) is 18.0. The highest BCUT2D eigenvalue weighted by Gasteiger charge is 2.48. The van der Waals surface area contributed by atoms with Crippen molar-refractivity contribution in [2.45, 2.75) is 65.5 Å². The smallest absolute Gasteiger partial charge is 0.246 e. The topological polar surface area (TPSA) is 58.6 Å². The van der Waals surface area contributed by atoms with Crippen molar-refractivity contribution in [3.05, 3.63) is 0 Å².